The molecule has 5 aromatic rings. The van der Waals surface area contributed by atoms with Crippen LogP contribution in [0.25, 0.3) is 21.5 Å². The second-order valence-corrected chi connectivity index (χ2v) is 11.9. The molecule has 10 nitrogen and oxygen atoms in total. The molecule has 0 unspecified atom stereocenters. The number of benzene rings is 3. The summed E-state index contributed by atoms with van der Waals surface area (Å²) >= 11 is 0. The summed E-state index contributed by atoms with van der Waals surface area (Å²) in [5, 5.41) is -1.32. The first-order valence-corrected chi connectivity index (χ1v) is 17.0. The number of ether oxygens (including phenoxy) is 4. The summed E-state index contributed by atoms with van der Waals surface area (Å²) in [7, 11) is 0. The highest BCUT2D eigenvalue weighted by molar-refractivity contribution is 6.10. The van der Waals surface area contributed by atoms with Gasteiger partial charge in [-0.1, -0.05) is 78.1 Å². The highest BCUT2D eigenvalue weighted by atomic mass is 16.5. The van der Waals surface area contributed by atoms with E-state index < -0.39 is 22.5 Å². The first-order valence-electron chi connectivity index (χ1n) is 17.0. The molecular weight excluding hydrogens is 616 g/mol. The summed E-state index contributed by atoms with van der Waals surface area (Å²) in [6.07, 6.45) is 13.8. The maximum atomic E-state index is 13.0. The van der Waals surface area contributed by atoms with E-state index in [9.17, 15) is 19.2 Å². The van der Waals surface area contributed by atoms with E-state index in [2.05, 4.69) is 13.8 Å². The van der Waals surface area contributed by atoms with E-state index >= 15 is 0 Å². The molecule has 0 radical (unpaired) electrons. The summed E-state index contributed by atoms with van der Waals surface area (Å²) in [5.74, 6) is 1.07. The number of fused-ring (bicyclic) bond motifs is 2. The molecule has 0 saturated carbocycles. The van der Waals surface area contributed by atoms with Crippen molar-refractivity contribution in [2.75, 3.05) is 13.2 Å². The van der Waals surface area contributed by atoms with E-state index in [-0.39, 0.29) is 44.5 Å². The minimum absolute atomic E-state index is 0.232. The van der Waals surface area contributed by atoms with Gasteiger partial charge in [-0.15, -0.1) is 0 Å². The van der Waals surface area contributed by atoms with Gasteiger partial charge in [0.25, 0.3) is 0 Å². The quantitative estimate of drug-likeness (QED) is 0.0749. The molecule has 2 heterocycles. The van der Waals surface area contributed by atoms with Crippen molar-refractivity contribution in [1.29, 1.82) is 0 Å². The monoisotopic (exact) mass is 658 g/mol. The SMILES string of the molecule is CCCCCCCCOc1ccc(Oc2c3c(=O)oc(=O)c3c(Oc3ccc(OCCCCCCCC)cc3)c3c(=O)oc(=O)c23)cc1. The Morgan fingerprint density at radius 3 is 1.04 bits per heavy atom. The lowest BCUT2D eigenvalue weighted by Gasteiger charge is -2.12. The van der Waals surface area contributed by atoms with Crippen molar-refractivity contribution >= 4 is 21.5 Å². The van der Waals surface area contributed by atoms with Crippen LogP contribution in [0.2, 0.25) is 0 Å². The van der Waals surface area contributed by atoms with Crippen LogP contribution in [0.4, 0.5) is 0 Å². The fourth-order valence-electron chi connectivity index (χ4n) is 5.65. The fourth-order valence-corrected chi connectivity index (χ4v) is 5.65. The Kier molecular flexibility index (Phi) is 12.1. The van der Waals surface area contributed by atoms with E-state index in [0.29, 0.717) is 24.7 Å². The van der Waals surface area contributed by atoms with Crippen molar-refractivity contribution in [3.8, 4) is 34.5 Å². The van der Waals surface area contributed by atoms with Gasteiger partial charge >= 0.3 is 22.5 Å². The smallest absolute Gasteiger partial charge is 0.350 e. The largest absolute Gasteiger partial charge is 0.494 e. The summed E-state index contributed by atoms with van der Waals surface area (Å²) in [6.45, 7) is 5.52. The molecule has 2 aromatic heterocycles. The molecule has 0 aliphatic heterocycles. The van der Waals surface area contributed by atoms with Crippen LogP contribution in [0.5, 0.6) is 34.5 Å². The lowest BCUT2D eigenvalue weighted by molar-refractivity contribution is 0.304. The predicted molar refractivity (Wildman–Crippen MR) is 184 cm³/mol. The van der Waals surface area contributed by atoms with Crippen molar-refractivity contribution in [2.24, 2.45) is 0 Å². The minimum atomic E-state index is -1.04. The molecule has 254 valence electrons. The molecule has 0 aliphatic carbocycles. The summed E-state index contributed by atoms with van der Waals surface area (Å²) in [5.41, 5.74) is -4.16. The van der Waals surface area contributed by atoms with E-state index in [1.807, 2.05) is 0 Å². The molecule has 0 bridgehead atoms. The van der Waals surface area contributed by atoms with Gasteiger partial charge in [-0.25, -0.2) is 19.2 Å². The molecule has 0 saturated heterocycles. The Balaban J connectivity index is 1.35. The highest BCUT2D eigenvalue weighted by Crippen LogP contribution is 2.41. The number of rotatable bonds is 20. The van der Waals surface area contributed by atoms with Gasteiger partial charge in [0.05, 0.1) is 13.2 Å². The van der Waals surface area contributed by atoms with Crippen molar-refractivity contribution in [3.05, 3.63) is 90.2 Å². The van der Waals surface area contributed by atoms with Crippen LogP contribution in [0.3, 0.4) is 0 Å². The molecule has 0 atom stereocenters. The van der Waals surface area contributed by atoms with E-state index in [0.717, 1.165) is 25.7 Å². The Labute approximate surface area is 277 Å². The van der Waals surface area contributed by atoms with Gasteiger partial charge in [0, 0.05) is 0 Å². The van der Waals surface area contributed by atoms with Crippen LogP contribution >= 0.6 is 0 Å². The third-order valence-corrected chi connectivity index (χ3v) is 8.22. The van der Waals surface area contributed by atoms with Gasteiger partial charge in [-0.2, -0.15) is 0 Å². The third-order valence-electron chi connectivity index (χ3n) is 8.22. The first kappa shape index (κ1) is 34.5. The summed E-state index contributed by atoms with van der Waals surface area (Å²) in [6, 6.07) is 13.2. The van der Waals surface area contributed by atoms with Gasteiger partial charge in [0.15, 0.2) is 11.5 Å². The van der Waals surface area contributed by atoms with E-state index in [4.69, 9.17) is 27.8 Å². The summed E-state index contributed by atoms with van der Waals surface area (Å²) in [4.78, 5) is 51.8. The zero-order valence-corrected chi connectivity index (χ0v) is 27.6. The van der Waals surface area contributed by atoms with Gasteiger partial charge < -0.3 is 27.8 Å². The normalized spacial score (nSPS) is 11.4. The zero-order chi connectivity index (χ0) is 33.9. The van der Waals surface area contributed by atoms with Crippen molar-refractivity contribution in [3.63, 3.8) is 0 Å². The molecule has 0 amide bonds. The highest BCUT2D eigenvalue weighted by Gasteiger charge is 2.30. The molecule has 0 N–H and O–H groups in total. The van der Waals surface area contributed by atoms with Crippen LogP contribution in [0.1, 0.15) is 90.9 Å². The molecule has 0 aliphatic rings. The second kappa shape index (κ2) is 16.8. The zero-order valence-electron chi connectivity index (χ0n) is 27.6. The lowest BCUT2D eigenvalue weighted by atomic mass is 10.1. The summed E-state index contributed by atoms with van der Waals surface area (Å²) < 4.78 is 33.5. The first-order chi connectivity index (χ1) is 23.4. The number of unbranched alkanes of at least 4 members (excludes halogenated alkanes) is 10. The molecule has 5 rings (SSSR count). The lowest BCUT2D eigenvalue weighted by Crippen LogP contribution is -2.03. The van der Waals surface area contributed by atoms with E-state index in [1.54, 1.807) is 48.5 Å². The van der Waals surface area contributed by atoms with Crippen LogP contribution in [-0.4, -0.2) is 13.2 Å². The predicted octanol–water partition coefficient (Wildman–Crippen LogP) is 8.56. The standard InChI is InChI=1S/C38H42O10/c1-3-5-7-9-11-13-23-43-25-15-19-27(20-16-25)45-33-29-31(37(41)47-35(29)39)34(32-30(33)36(40)48-38(32)42)46-28-21-17-26(18-22-28)44-24-14-12-10-8-6-4-2/h15-22H,3-14,23-24H2,1-2H3. The minimum Gasteiger partial charge on any atom is -0.494 e. The van der Waals surface area contributed by atoms with Gasteiger partial charge in [-0.3, -0.25) is 0 Å². The van der Waals surface area contributed by atoms with Gasteiger partial charge in [-0.05, 0) is 61.4 Å². The van der Waals surface area contributed by atoms with Gasteiger partial charge in [0.2, 0.25) is 0 Å². The van der Waals surface area contributed by atoms with E-state index in [1.165, 1.54) is 51.4 Å². The topological polar surface area (TPSA) is 131 Å². The fraction of sp³-hybridized carbons (Fsp3) is 0.421. The van der Waals surface area contributed by atoms with Crippen molar-refractivity contribution in [1.82, 2.24) is 0 Å². The maximum absolute atomic E-state index is 13.0. The molecular formula is C38H42O10. The number of hydrogen-bond acceptors (Lipinski definition) is 10. The molecule has 0 spiro atoms. The van der Waals surface area contributed by atoms with Gasteiger partial charge in [0.1, 0.15) is 44.5 Å². The molecule has 3 aromatic carbocycles. The number of hydrogen-bond donors (Lipinski definition) is 0. The van der Waals surface area contributed by atoms with Crippen LogP contribution in [0, 0.1) is 0 Å². The third kappa shape index (κ3) is 8.34. The van der Waals surface area contributed by atoms with Crippen molar-refractivity contribution in [2.45, 2.75) is 90.9 Å². The molecule has 0 fully saturated rings. The average molecular weight is 659 g/mol. The van der Waals surface area contributed by atoms with Crippen LogP contribution in [-0.2, 0) is 0 Å². The van der Waals surface area contributed by atoms with Crippen LogP contribution in [0.15, 0.2) is 76.5 Å². The number of furan rings is 2. The second-order valence-electron chi connectivity index (χ2n) is 11.9. The maximum Gasteiger partial charge on any atom is 0.350 e. The molecule has 10 heteroatoms. The molecule has 48 heavy (non-hydrogen) atoms. The van der Waals surface area contributed by atoms with Crippen LogP contribution < -0.4 is 41.4 Å². The Hall–Kier alpha value is -4.86. The van der Waals surface area contributed by atoms with Crippen molar-refractivity contribution < 1.29 is 27.8 Å². The Morgan fingerprint density at radius 2 is 0.708 bits per heavy atom. The Morgan fingerprint density at radius 1 is 0.417 bits per heavy atom. The average Bonchev–Trinajstić information content (AvgIpc) is 3.56. The Bertz CT molecular complexity index is 1760.